The van der Waals surface area contributed by atoms with Gasteiger partial charge in [0.2, 0.25) is 0 Å². The van der Waals surface area contributed by atoms with Crippen molar-refractivity contribution in [1.29, 1.82) is 0 Å². The summed E-state index contributed by atoms with van der Waals surface area (Å²) in [5.74, 6) is -0.485. The highest BCUT2D eigenvalue weighted by Crippen LogP contribution is 2.29. The molecular weight excluding hydrogens is 211 g/mol. The van der Waals surface area contributed by atoms with Crippen LogP contribution in [0.25, 0.3) is 0 Å². The molecule has 0 aromatic carbocycles. The van der Waals surface area contributed by atoms with Crippen LogP contribution in [-0.4, -0.2) is 12.6 Å². The fourth-order valence-electron chi connectivity index (χ4n) is 0.935. The fraction of sp³-hybridized carbons (Fsp3) is 0.375. The van der Waals surface area contributed by atoms with Crippen molar-refractivity contribution in [3.05, 3.63) is 17.0 Å². The van der Waals surface area contributed by atoms with E-state index >= 15 is 0 Å². The first-order chi connectivity index (χ1) is 6.15. The molecule has 0 fully saturated rings. The van der Waals surface area contributed by atoms with Gasteiger partial charge in [0.25, 0.3) is 0 Å². The van der Waals surface area contributed by atoms with Gasteiger partial charge in [-0.05, 0) is 11.4 Å². The summed E-state index contributed by atoms with van der Waals surface area (Å²) in [4.78, 5) is 10.6. The number of hydrogen-bond acceptors (Lipinski definition) is 4. The maximum atomic E-state index is 12.5. The first-order valence-electron chi connectivity index (χ1n) is 3.64. The third-order valence-corrected chi connectivity index (χ3v) is 2.78. The molecular formula is C8H9FO2S2. The molecule has 13 heavy (non-hydrogen) atoms. The Hall–Kier alpha value is -0.550. The van der Waals surface area contributed by atoms with Crippen molar-refractivity contribution < 1.29 is 13.9 Å². The minimum absolute atomic E-state index is 0.485. The zero-order valence-electron chi connectivity index (χ0n) is 6.99. The number of hydrogen-bond donors (Lipinski definition) is 1. The molecule has 0 saturated carbocycles. The van der Waals surface area contributed by atoms with Crippen molar-refractivity contribution in [2.24, 2.45) is 0 Å². The molecule has 1 atom stereocenters. The number of thiophene rings is 1. The lowest BCUT2D eigenvalue weighted by atomic mass is 10.2. The van der Waals surface area contributed by atoms with E-state index in [4.69, 9.17) is 4.74 Å². The smallest absolute Gasteiger partial charge is 0.303 e. The number of carbonyl (C=O) groups is 1. The van der Waals surface area contributed by atoms with E-state index in [-0.39, 0.29) is 0 Å². The Bertz CT molecular complexity index is 298. The highest BCUT2D eigenvalue weighted by atomic mass is 32.2. The molecule has 1 heterocycles. The van der Waals surface area contributed by atoms with Gasteiger partial charge in [-0.25, -0.2) is 4.39 Å². The van der Waals surface area contributed by atoms with Crippen LogP contribution in [0.15, 0.2) is 15.7 Å². The zero-order valence-corrected chi connectivity index (χ0v) is 8.70. The van der Waals surface area contributed by atoms with Gasteiger partial charge in [0.15, 0.2) is 6.10 Å². The molecule has 2 nitrogen and oxygen atoms in total. The molecule has 0 aliphatic carbocycles. The summed E-state index contributed by atoms with van der Waals surface area (Å²) < 4.78 is 17.9. The number of carbonyl (C=O) groups excluding carboxylic acids is 1. The summed E-state index contributed by atoms with van der Waals surface area (Å²) in [6.45, 7) is 0.539. The number of rotatable bonds is 3. The Morgan fingerprint density at radius 1 is 1.85 bits per heavy atom. The molecule has 1 aromatic heterocycles. The van der Waals surface area contributed by atoms with E-state index < -0.39 is 18.7 Å². The van der Waals surface area contributed by atoms with Crippen LogP contribution in [-0.2, 0) is 9.53 Å². The number of esters is 1. The van der Waals surface area contributed by atoms with Crippen LogP contribution < -0.4 is 0 Å². The van der Waals surface area contributed by atoms with Crippen LogP contribution in [0.2, 0.25) is 0 Å². The van der Waals surface area contributed by atoms with Gasteiger partial charge < -0.3 is 4.74 Å². The van der Waals surface area contributed by atoms with Crippen molar-refractivity contribution in [1.82, 2.24) is 0 Å². The molecule has 0 bridgehead atoms. The van der Waals surface area contributed by atoms with Gasteiger partial charge in [0.1, 0.15) is 6.67 Å². The summed E-state index contributed by atoms with van der Waals surface area (Å²) >= 11 is 5.51. The number of ether oxygens (including phenoxy) is 1. The number of thiol groups is 1. The molecule has 0 radical (unpaired) electrons. The van der Waals surface area contributed by atoms with Crippen LogP contribution in [0.4, 0.5) is 4.39 Å². The van der Waals surface area contributed by atoms with Gasteiger partial charge in [0, 0.05) is 12.5 Å². The Balaban J connectivity index is 2.78. The van der Waals surface area contributed by atoms with Gasteiger partial charge in [-0.2, -0.15) is 0 Å². The normalized spacial score (nSPS) is 12.5. The maximum absolute atomic E-state index is 12.5. The third kappa shape index (κ3) is 2.70. The SMILES string of the molecule is CC(=O)OC(CF)c1ccsc1S. The molecule has 0 amide bonds. The maximum Gasteiger partial charge on any atom is 0.303 e. The first-order valence-corrected chi connectivity index (χ1v) is 4.97. The second-order valence-corrected chi connectivity index (χ2v) is 4.10. The van der Waals surface area contributed by atoms with E-state index in [1.807, 2.05) is 0 Å². The van der Waals surface area contributed by atoms with Crippen LogP contribution in [0, 0.1) is 0 Å². The first kappa shape index (κ1) is 10.5. The predicted octanol–water partition coefficient (Wildman–Crippen LogP) is 2.61. The molecule has 0 spiro atoms. The van der Waals surface area contributed by atoms with Crippen molar-refractivity contribution in [2.45, 2.75) is 17.2 Å². The molecule has 1 aromatic rings. The van der Waals surface area contributed by atoms with Crippen LogP contribution in [0.5, 0.6) is 0 Å². The Labute approximate surface area is 85.1 Å². The Morgan fingerprint density at radius 2 is 2.54 bits per heavy atom. The average Bonchev–Trinajstić information content (AvgIpc) is 2.47. The predicted molar refractivity (Wildman–Crippen MR) is 52.1 cm³/mol. The minimum atomic E-state index is -0.809. The zero-order chi connectivity index (χ0) is 9.84. The lowest BCUT2D eigenvalue weighted by molar-refractivity contribution is -0.147. The molecule has 0 aliphatic rings. The van der Waals surface area contributed by atoms with E-state index in [1.54, 1.807) is 11.4 Å². The van der Waals surface area contributed by atoms with Gasteiger partial charge in [0.05, 0.1) is 4.21 Å². The quantitative estimate of drug-likeness (QED) is 0.626. The third-order valence-electron chi connectivity index (χ3n) is 1.47. The Morgan fingerprint density at radius 3 is 2.92 bits per heavy atom. The van der Waals surface area contributed by atoms with Crippen molar-refractivity contribution >= 4 is 29.9 Å². The highest BCUT2D eigenvalue weighted by Gasteiger charge is 2.17. The topological polar surface area (TPSA) is 26.3 Å². The van der Waals surface area contributed by atoms with E-state index in [0.717, 1.165) is 0 Å². The second kappa shape index (κ2) is 4.62. The average molecular weight is 220 g/mol. The monoisotopic (exact) mass is 220 g/mol. The summed E-state index contributed by atoms with van der Waals surface area (Å²) in [7, 11) is 0. The van der Waals surface area contributed by atoms with E-state index in [9.17, 15) is 9.18 Å². The molecule has 0 saturated heterocycles. The van der Waals surface area contributed by atoms with Crippen molar-refractivity contribution in [2.75, 3.05) is 6.67 Å². The van der Waals surface area contributed by atoms with Gasteiger partial charge in [-0.1, -0.05) is 0 Å². The second-order valence-electron chi connectivity index (χ2n) is 2.43. The molecule has 0 aliphatic heterocycles. The van der Waals surface area contributed by atoms with Crippen LogP contribution >= 0.6 is 24.0 Å². The van der Waals surface area contributed by atoms with Crippen molar-refractivity contribution in [3.8, 4) is 0 Å². The summed E-state index contributed by atoms with van der Waals surface area (Å²) in [5.41, 5.74) is 0.631. The van der Waals surface area contributed by atoms with Crippen LogP contribution in [0.1, 0.15) is 18.6 Å². The molecule has 1 unspecified atom stereocenters. The van der Waals surface area contributed by atoms with Gasteiger partial charge in [-0.3, -0.25) is 4.79 Å². The minimum Gasteiger partial charge on any atom is -0.455 e. The summed E-state index contributed by atoms with van der Waals surface area (Å²) in [6.07, 6.45) is -0.809. The van der Waals surface area contributed by atoms with Crippen molar-refractivity contribution in [3.63, 3.8) is 0 Å². The van der Waals surface area contributed by atoms with Gasteiger partial charge in [-0.15, -0.1) is 24.0 Å². The standard InChI is InChI=1S/C8H9FO2S2/c1-5(10)11-7(4-9)6-2-3-13-8(6)12/h2-3,7,12H,4H2,1H3. The molecule has 1 rings (SSSR count). The van der Waals surface area contributed by atoms with E-state index in [1.165, 1.54) is 18.3 Å². The van der Waals surface area contributed by atoms with E-state index in [0.29, 0.717) is 9.77 Å². The van der Waals surface area contributed by atoms with Gasteiger partial charge >= 0.3 is 5.97 Å². The largest absolute Gasteiger partial charge is 0.455 e. The lowest BCUT2D eigenvalue weighted by Crippen LogP contribution is -2.09. The summed E-state index contributed by atoms with van der Waals surface area (Å²) in [6, 6.07) is 1.71. The number of alkyl halides is 1. The molecule has 0 N–H and O–H groups in total. The highest BCUT2D eigenvalue weighted by molar-refractivity contribution is 7.82. The summed E-state index contributed by atoms with van der Waals surface area (Å²) in [5, 5.41) is 1.78. The fourth-order valence-corrected chi connectivity index (χ4v) is 2.01. The molecule has 5 heteroatoms. The van der Waals surface area contributed by atoms with Crippen LogP contribution in [0.3, 0.4) is 0 Å². The Kier molecular flexibility index (Phi) is 3.74. The lowest BCUT2D eigenvalue weighted by Gasteiger charge is -2.12. The number of halogens is 1. The molecule has 72 valence electrons. The van der Waals surface area contributed by atoms with E-state index in [2.05, 4.69) is 12.6 Å².